The molecule has 4 unspecified atom stereocenters. The van der Waals surface area contributed by atoms with Crippen LogP contribution in [0.2, 0.25) is 0 Å². The molecule has 16 heavy (non-hydrogen) atoms. The molecule has 1 aromatic heterocycles. The second kappa shape index (κ2) is 5.62. The molecule has 0 spiro atoms. The normalized spacial score (nSPS) is 18.8. The van der Waals surface area contributed by atoms with Crippen molar-refractivity contribution in [2.75, 3.05) is 0 Å². The van der Waals surface area contributed by atoms with E-state index < -0.39 is 32.7 Å². The predicted octanol–water partition coefficient (Wildman–Crippen LogP) is 1.65. The third-order valence-electron chi connectivity index (χ3n) is 2.30. The van der Waals surface area contributed by atoms with Crippen LogP contribution in [0.5, 0.6) is 0 Å². The van der Waals surface area contributed by atoms with Crippen molar-refractivity contribution >= 4 is 22.2 Å². The number of hydrogen-bond donors (Lipinski definition) is 2. The van der Waals surface area contributed by atoms with Crippen LogP contribution in [0, 0.1) is 0 Å². The van der Waals surface area contributed by atoms with Crippen LogP contribution in [0.1, 0.15) is 35.6 Å². The number of rotatable bonds is 4. The van der Waals surface area contributed by atoms with Crippen molar-refractivity contribution in [2.45, 2.75) is 24.3 Å². The Bertz CT molecular complexity index is 385. The van der Waals surface area contributed by atoms with Crippen molar-refractivity contribution in [1.29, 1.82) is 0 Å². The first-order valence-corrected chi connectivity index (χ1v) is 6.93. The quantitative estimate of drug-likeness (QED) is 0.806. The highest BCUT2D eigenvalue weighted by atomic mass is 32.2. The zero-order valence-corrected chi connectivity index (χ0v) is 10.5. The molecular formula is C9H13NO4S2. The summed E-state index contributed by atoms with van der Waals surface area (Å²) in [7, 11) is 0. The zero-order valence-electron chi connectivity index (χ0n) is 8.86. The number of aromatic nitrogens is 1. The van der Waals surface area contributed by atoms with Gasteiger partial charge in [0.15, 0.2) is 22.2 Å². The zero-order chi connectivity index (χ0) is 12.3. The van der Waals surface area contributed by atoms with Crippen molar-refractivity contribution in [3.63, 3.8) is 0 Å². The van der Waals surface area contributed by atoms with Gasteiger partial charge < -0.3 is 9.11 Å². The number of nitrogens with zero attached hydrogens (tertiary/aromatic N) is 1. The van der Waals surface area contributed by atoms with Crippen LogP contribution >= 0.6 is 0 Å². The van der Waals surface area contributed by atoms with E-state index in [2.05, 4.69) is 4.98 Å². The first-order chi connectivity index (χ1) is 7.45. The molecule has 1 rings (SSSR count). The summed E-state index contributed by atoms with van der Waals surface area (Å²) < 4.78 is 40.0. The van der Waals surface area contributed by atoms with Gasteiger partial charge in [-0.3, -0.25) is 4.98 Å². The summed E-state index contributed by atoms with van der Waals surface area (Å²) in [5, 5.41) is -1.31. The molecule has 0 saturated heterocycles. The predicted molar refractivity (Wildman–Crippen MR) is 62.6 cm³/mol. The minimum absolute atomic E-state index is 0.387. The molecule has 0 fully saturated rings. The molecule has 5 nitrogen and oxygen atoms in total. The summed E-state index contributed by atoms with van der Waals surface area (Å²) in [6.45, 7) is 3.12. The molecule has 1 heterocycles. The third kappa shape index (κ3) is 2.94. The van der Waals surface area contributed by atoms with Crippen molar-refractivity contribution in [3.8, 4) is 0 Å². The molecule has 0 aliphatic rings. The Kier molecular flexibility index (Phi) is 4.72. The summed E-state index contributed by atoms with van der Waals surface area (Å²) in [5.41, 5.74) is 0.913. The maximum absolute atomic E-state index is 11.0. The van der Waals surface area contributed by atoms with Crippen molar-refractivity contribution < 1.29 is 17.5 Å². The fraction of sp³-hybridized carbons (Fsp3) is 0.444. The standard InChI is InChI=1S/C9H13NO4S2/c1-6(15(11)12)8-4-3-5-10-9(8)7(2)16(13)14/h3-7H,1-2H3,(H,11,12)(H,13,14). The fourth-order valence-corrected chi connectivity index (χ4v) is 2.12. The SMILES string of the molecule is CC(c1cccnc1C(C)S(=O)O)S(=O)O. The Hall–Kier alpha value is -0.630. The first kappa shape index (κ1) is 13.4. The van der Waals surface area contributed by atoms with Crippen LogP contribution < -0.4 is 0 Å². The van der Waals surface area contributed by atoms with Gasteiger partial charge in [-0.1, -0.05) is 6.07 Å². The van der Waals surface area contributed by atoms with Crippen molar-refractivity contribution in [3.05, 3.63) is 29.6 Å². The Morgan fingerprint density at radius 2 is 1.75 bits per heavy atom. The van der Waals surface area contributed by atoms with Gasteiger partial charge in [0, 0.05) is 6.20 Å². The van der Waals surface area contributed by atoms with E-state index in [4.69, 9.17) is 9.11 Å². The average molecular weight is 263 g/mol. The van der Waals surface area contributed by atoms with Crippen molar-refractivity contribution in [1.82, 2.24) is 4.98 Å². The van der Waals surface area contributed by atoms with Crippen LogP contribution in [-0.4, -0.2) is 22.5 Å². The van der Waals surface area contributed by atoms with Crippen LogP contribution in [0.3, 0.4) is 0 Å². The molecule has 90 valence electrons. The first-order valence-electron chi connectivity index (χ1n) is 4.59. The van der Waals surface area contributed by atoms with Gasteiger partial charge in [-0.25, -0.2) is 8.42 Å². The molecule has 2 N–H and O–H groups in total. The summed E-state index contributed by atoms with van der Waals surface area (Å²) >= 11 is -4.07. The lowest BCUT2D eigenvalue weighted by molar-refractivity contribution is 0.546. The summed E-state index contributed by atoms with van der Waals surface area (Å²) in [5.74, 6) is 0. The number of pyridine rings is 1. The van der Waals surface area contributed by atoms with E-state index in [1.165, 1.54) is 6.20 Å². The summed E-state index contributed by atoms with van der Waals surface area (Å²) in [6.07, 6.45) is 1.50. The maximum atomic E-state index is 11.0. The monoisotopic (exact) mass is 263 g/mol. The van der Waals surface area contributed by atoms with Gasteiger partial charge in [-0.05, 0) is 25.5 Å². The van der Waals surface area contributed by atoms with Gasteiger partial charge in [0.05, 0.1) is 10.9 Å². The van der Waals surface area contributed by atoms with E-state index in [-0.39, 0.29) is 0 Å². The number of hydrogen-bond acceptors (Lipinski definition) is 3. The lowest BCUT2D eigenvalue weighted by atomic mass is 10.1. The Balaban J connectivity index is 3.19. The third-order valence-corrected chi connectivity index (χ3v) is 3.99. The van der Waals surface area contributed by atoms with E-state index in [0.29, 0.717) is 11.3 Å². The topological polar surface area (TPSA) is 87.5 Å². The average Bonchev–Trinajstić information content (AvgIpc) is 2.26. The largest absolute Gasteiger partial charge is 0.306 e. The van der Waals surface area contributed by atoms with E-state index in [0.717, 1.165) is 0 Å². The summed E-state index contributed by atoms with van der Waals surface area (Å²) in [6, 6.07) is 3.28. The molecule has 0 aliphatic carbocycles. The van der Waals surface area contributed by atoms with Crippen LogP contribution in [0.15, 0.2) is 18.3 Å². The van der Waals surface area contributed by atoms with Gasteiger partial charge in [-0.2, -0.15) is 0 Å². The van der Waals surface area contributed by atoms with E-state index in [1.54, 1.807) is 26.0 Å². The van der Waals surface area contributed by atoms with E-state index in [9.17, 15) is 8.42 Å². The second-order valence-corrected chi connectivity index (χ2v) is 5.83. The fourth-order valence-electron chi connectivity index (χ4n) is 1.32. The van der Waals surface area contributed by atoms with Gasteiger partial charge in [-0.15, -0.1) is 0 Å². The minimum atomic E-state index is -2.04. The molecule has 0 amide bonds. The Morgan fingerprint density at radius 1 is 1.19 bits per heavy atom. The Labute approximate surface area is 98.9 Å². The molecule has 1 aromatic rings. The van der Waals surface area contributed by atoms with Gasteiger partial charge in [0.25, 0.3) is 0 Å². The van der Waals surface area contributed by atoms with Crippen LogP contribution in [0.4, 0.5) is 0 Å². The molecule has 0 aromatic carbocycles. The second-order valence-electron chi connectivity index (χ2n) is 3.31. The lowest BCUT2D eigenvalue weighted by Crippen LogP contribution is -2.11. The highest BCUT2D eigenvalue weighted by molar-refractivity contribution is 7.79. The molecule has 0 radical (unpaired) electrons. The van der Waals surface area contributed by atoms with E-state index >= 15 is 0 Å². The highest BCUT2D eigenvalue weighted by Crippen LogP contribution is 2.27. The highest BCUT2D eigenvalue weighted by Gasteiger charge is 2.22. The molecule has 0 saturated carbocycles. The molecule has 7 heteroatoms. The molecule has 4 atom stereocenters. The minimum Gasteiger partial charge on any atom is -0.306 e. The van der Waals surface area contributed by atoms with Gasteiger partial charge in [0.1, 0.15) is 5.25 Å². The molecular weight excluding hydrogens is 250 g/mol. The summed E-state index contributed by atoms with van der Waals surface area (Å²) in [4.78, 5) is 4.00. The van der Waals surface area contributed by atoms with Crippen LogP contribution in [0.25, 0.3) is 0 Å². The Morgan fingerprint density at radius 3 is 2.25 bits per heavy atom. The lowest BCUT2D eigenvalue weighted by Gasteiger charge is -2.15. The molecule has 0 aliphatic heterocycles. The van der Waals surface area contributed by atoms with Crippen LogP contribution in [-0.2, 0) is 22.2 Å². The van der Waals surface area contributed by atoms with Gasteiger partial charge in [0.2, 0.25) is 0 Å². The van der Waals surface area contributed by atoms with Gasteiger partial charge >= 0.3 is 0 Å². The van der Waals surface area contributed by atoms with Crippen molar-refractivity contribution in [2.24, 2.45) is 0 Å². The smallest absolute Gasteiger partial charge is 0.161 e. The molecule has 0 bridgehead atoms. The maximum Gasteiger partial charge on any atom is 0.161 e. The van der Waals surface area contributed by atoms with E-state index in [1.807, 2.05) is 0 Å².